The Hall–Kier alpha value is -0.910. The summed E-state index contributed by atoms with van der Waals surface area (Å²) in [6.07, 6.45) is 0. The topological polar surface area (TPSA) is 45.8 Å². The van der Waals surface area contributed by atoms with Crippen molar-refractivity contribution in [3.05, 3.63) is 37.4 Å². The van der Waals surface area contributed by atoms with Crippen LogP contribution < -0.4 is 5.56 Å². The summed E-state index contributed by atoms with van der Waals surface area (Å²) in [5.74, 6) is 1.10. The van der Waals surface area contributed by atoms with E-state index in [4.69, 9.17) is 0 Å². The summed E-state index contributed by atoms with van der Waals surface area (Å²) in [5, 5.41) is 0.666. The first-order valence-corrected chi connectivity index (χ1v) is 6.27. The van der Waals surface area contributed by atoms with Crippen LogP contribution in [0, 0.1) is 10.5 Å². The molecule has 0 unspecified atom stereocenters. The lowest BCUT2D eigenvalue weighted by molar-refractivity contribution is 0.861. The third-order valence-electron chi connectivity index (χ3n) is 2.56. The maximum atomic E-state index is 11.7. The molecule has 84 valence electrons. The molecule has 1 aromatic heterocycles. The molecule has 3 nitrogen and oxygen atoms in total. The average molecular weight is 328 g/mol. The Kier molecular flexibility index (Phi) is 3.01. The lowest BCUT2D eigenvalue weighted by Crippen LogP contribution is -2.10. The Balaban J connectivity index is 2.84. The van der Waals surface area contributed by atoms with Crippen molar-refractivity contribution in [2.75, 3.05) is 0 Å². The normalized spacial score (nSPS) is 11.3. The van der Waals surface area contributed by atoms with Crippen molar-refractivity contribution < 1.29 is 0 Å². The summed E-state index contributed by atoms with van der Waals surface area (Å²) in [7, 11) is 0. The van der Waals surface area contributed by atoms with Crippen LogP contribution >= 0.6 is 22.6 Å². The summed E-state index contributed by atoms with van der Waals surface area (Å²) in [6.45, 7) is 6.08. The number of halogens is 1. The van der Waals surface area contributed by atoms with Gasteiger partial charge in [0.1, 0.15) is 5.82 Å². The second-order valence-corrected chi connectivity index (χ2v) is 5.36. The number of aromatic nitrogens is 2. The number of aryl methyl sites for hydroxylation is 1. The molecule has 0 aliphatic carbocycles. The summed E-state index contributed by atoms with van der Waals surface area (Å²) in [4.78, 5) is 18.8. The van der Waals surface area contributed by atoms with E-state index < -0.39 is 0 Å². The molecule has 1 heterocycles. The SMILES string of the molecule is Cc1nc2cc(C(C)C)c(I)cc2c(=O)[nH]1. The highest BCUT2D eigenvalue weighted by molar-refractivity contribution is 14.1. The van der Waals surface area contributed by atoms with Gasteiger partial charge in [0.05, 0.1) is 10.9 Å². The number of aromatic amines is 1. The van der Waals surface area contributed by atoms with Crippen LogP contribution in [0.2, 0.25) is 0 Å². The molecule has 0 amide bonds. The Labute approximate surface area is 107 Å². The van der Waals surface area contributed by atoms with Gasteiger partial charge in [0.15, 0.2) is 0 Å². The molecule has 16 heavy (non-hydrogen) atoms. The number of nitrogens with one attached hydrogen (secondary N) is 1. The number of nitrogens with zero attached hydrogens (tertiary/aromatic N) is 1. The summed E-state index contributed by atoms with van der Waals surface area (Å²) < 4.78 is 1.12. The fourth-order valence-electron chi connectivity index (χ4n) is 1.74. The van der Waals surface area contributed by atoms with Gasteiger partial charge in [0.25, 0.3) is 5.56 Å². The van der Waals surface area contributed by atoms with E-state index in [9.17, 15) is 4.79 Å². The minimum atomic E-state index is -0.0595. The zero-order valence-corrected chi connectivity index (χ0v) is 11.6. The van der Waals surface area contributed by atoms with Gasteiger partial charge in [0.2, 0.25) is 0 Å². The molecular formula is C12H13IN2O. The fourth-order valence-corrected chi connectivity index (χ4v) is 2.82. The van der Waals surface area contributed by atoms with Crippen molar-refractivity contribution in [2.24, 2.45) is 0 Å². The van der Waals surface area contributed by atoms with Gasteiger partial charge in [0, 0.05) is 3.57 Å². The molecule has 0 bridgehead atoms. The summed E-state index contributed by atoms with van der Waals surface area (Å²) >= 11 is 2.27. The Bertz CT molecular complexity index is 602. The van der Waals surface area contributed by atoms with Crippen LogP contribution in [0.1, 0.15) is 31.2 Å². The number of fused-ring (bicyclic) bond motifs is 1. The van der Waals surface area contributed by atoms with Crippen LogP contribution in [-0.4, -0.2) is 9.97 Å². The van der Waals surface area contributed by atoms with Gasteiger partial charge in [-0.05, 0) is 53.1 Å². The van der Waals surface area contributed by atoms with E-state index in [1.165, 1.54) is 5.56 Å². The Morgan fingerprint density at radius 1 is 1.38 bits per heavy atom. The number of rotatable bonds is 1. The number of H-pyrrole nitrogens is 1. The largest absolute Gasteiger partial charge is 0.310 e. The van der Waals surface area contributed by atoms with Crippen molar-refractivity contribution in [3.8, 4) is 0 Å². The number of hydrogen-bond acceptors (Lipinski definition) is 2. The second kappa shape index (κ2) is 4.16. The third-order valence-corrected chi connectivity index (χ3v) is 3.50. The number of hydrogen-bond donors (Lipinski definition) is 1. The van der Waals surface area contributed by atoms with Gasteiger partial charge in [-0.25, -0.2) is 4.98 Å². The molecule has 0 atom stereocenters. The third kappa shape index (κ3) is 1.98. The van der Waals surface area contributed by atoms with E-state index >= 15 is 0 Å². The first-order chi connectivity index (χ1) is 7.49. The van der Waals surface area contributed by atoms with Crippen molar-refractivity contribution >= 4 is 33.5 Å². The molecular weight excluding hydrogens is 315 g/mol. The van der Waals surface area contributed by atoms with Gasteiger partial charge in [-0.1, -0.05) is 13.8 Å². The van der Waals surface area contributed by atoms with E-state index in [1.54, 1.807) is 6.92 Å². The van der Waals surface area contributed by atoms with Crippen LogP contribution in [0.15, 0.2) is 16.9 Å². The summed E-state index contributed by atoms with van der Waals surface area (Å²) in [6, 6.07) is 3.93. The summed E-state index contributed by atoms with van der Waals surface area (Å²) in [5.41, 5.74) is 1.96. The molecule has 1 aromatic carbocycles. The first kappa shape index (κ1) is 11.6. The zero-order valence-electron chi connectivity index (χ0n) is 9.47. The van der Waals surface area contributed by atoms with Gasteiger partial charge < -0.3 is 4.98 Å². The van der Waals surface area contributed by atoms with E-state index in [0.717, 1.165) is 9.09 Å². The molecule has 0 aliphatic rings. The van der Waals surface area contributed by atoms with Crippen LogP contribution in [0.5, 0.6) is 0 Å². The predicted octanol–water partition coefficient (Wildman–Crippen LogP) is 2.96. The monoisotopic (exact) mass is 328 g/mol. The van der Waals surface area contributed by atoms with Crippen LogP contribution in [0.4, 0.5) is 0 Å². The van der Waals surface area contributed by atoms with E-state index in [-0.39, 0.29) is 5.56 Å². The second-order valence-electron chi connectivity index (χ2n) is 4.20. The van der Waals surface area contributed by atoms with Gasteiger partial charge in [-0.3, -0.25) is 4.79 Å². The quantitative estimate of drug-likeness (QED) is 0.818. The molecule has 0 aliphatic heterocycles. The molecule has 0 fully saturated rings. The average Bonchev–Trinajstić information content (AvgIpc) is 2.18. The molecule has 2 rings (SSSR count). The van der Waals surface area contributed by atoms with Gasteiger partial charge in [-0.2, -0.15) is 0 Å². The van der Waals surface area contributed by atoms with Crippen molar-refractivity contribution in [3.63, 3.8) is 0 Å². The van der Waals surface area contributed by atoms with Crippen LogP contribution in [0.3, 0.4) is 0 Å². The predicted molar refractivity (Wildman–Crippen MR) is 73.9 cm³/mol. The van der Waals surface area contributed by atoms with E-state index in [1.807, 2.05) is 12.1 Å². The smallest absolute Gasteiger partial charge is 0.258 e. The maximum Gasteiger partial charge on any atom is 0.258 e. The standard InChI is InChI=1S/C12H13IN2O/c1-6(2)8-5-11-9(4-10(8)13)12(16)15-7(3)14-11/h4-6H,1-3H3,(H,14,15,16). The highest BCUT2D eigenvalue weighted by Gasteiger charge is 2.09. The van der Waals surface area contributed by atoms with Crippen LogP contribution in [0.25, 0.3) is 10.9 Å². The molecule has 4 heteroatoms. The Morgan fingerprint density at radius 3 is 2.69 bits per heavy atom. The lowest BCUT2D eigenvalue weighted by Gasteiger charge is -2.09. The highest BCUT2D eigenvalue weighted by atomic mass is 127. The molecule has 0 saturated carbocycles. The van der Waals surface area contributed by atoms with Crippen molar-refractivity contribution in [1.82, 2.24) is 9.97 Å². The minimum Gasteiger partial charge on any atom is -0.310 e. The van der Waals surface area contributed by atoms with Crippen LogP contribution in [-0.2, 0) is 0 Å². The number of benzene rings is 1. The molecule has 0 saturated heterocycles. The van der Waals surface area contributed by atoms with E-state index in [0.29, 0.717) is 17.1 Å². The van der Waals surface area contributed by atoms with Crippen molar-refractivity contribution in [1.29, 1.82) is 0 Å². The molecule has 0 radical (unpaired) electrons. The molecule has 1 N–H and O–H groups in total. The molecule has 2 aromatic rings. The van der Waals surface area contributed by atoms with Gasteiger partial charge in [-0.15, -0.1) is 0 Å². The molecule has 0 spiro atoms. The van der Waals surface area contributed by atoms with E-state index in [2.05, 4.69) is 46.4 Å². The maximum absolute atomic E-state index is 11.7. The van der Waals surface area contributed by atoms with Crippen molar-refractivity contribution in [2.45, 2.75) is 26.7 Å². The fraction of sp³-hybridized carbons (Fsp3) is 0.333. The minimum absolute atomic E-state index is 0.0595. The Morgan fingerprint density at radius 2 is 2.06 bits per heavy atom. The zero-order chi connectivity index (χ0) is 11.9. The first-order valence-electron chi connectivity index (χ1n) is 5.19. The lowest BCUT2D eigenvalue weighted by atomic mass is 10.0. The van der Waals surface area contributed by atoms with Gasteiger partial charge >= 0.3 is 0 Å². The highest BCUT2D eigenvalue weighted by Crippen LogP contribution is 2.24.